The Morgan fingerprint density at radius 2 is 1.51 bits per heavy atom. The van der Waals surface area contributed by atoms with Crippen LogP contribution in [0.3, 0.4) is 0 Å². The zero-order chi connectivity index (χ0) is 35.9. The Hall–Kier alpha value is -4.70. The molecular formula is C41H47ClN6O3. The molecule has 2 aliphatic rings. The van der Waals surface area contributed by atoms with Gasteiger partial charge in [0.15, 0.2) is 0 Å². The zero-order valence-corrected chi connectivity index (χ0v) is 30.3. The Bertz CT molecular complexity index is 1820. The lowest BCUT2D eigenvalue weighted by Crippen LogP contribution is -2.58. The third kappa shape index (κ3) is 9.16. The van der Waals surface area contributed by atoms with Gasteiger partial charge in [0, 0.05) is 75.1 Å². The molecule has 10 heteroatoms. The summed E-state index contributed by atoms with van der Waals surface area (Å²) >= 11 is 6.15. The van der Waals surface area contributed by atoms with Crippen molar-refractivity contribution in [1.82, 2.24) is 20.4 Å². The fraction of sp³-hybridized carbons (Fsp3) is 0.341. The van der Waals surface area contributed by atoms with Gasteiger partial charge in [-0.3, -0.25) is 19.3 Å². The number of para-hydroxylation sites is 1. The number of anilines is 2. The molecule has 51 heavy (non-hydrogen) atoms. The minimum atomic E-state index is -0.697. The maximum Gasteiger partial charge on any atom is 0.245 e. The quantitative estimate of drug-likeness (QED) is 0.189. The van der Waals surface area contributed by atoms with Gasteiger partial charge >= 0.3 is 0 Å². The van der Waals surface area contributed by atoms with Crippen LogP contribution in [0.5, 0.6) is 0 Å². The molecule has 0 saturated carbocycles. The average Bonchev–Trinajstić information content (AvgIpc) is 3.15. The number of nitrogens with one attached hydrogen (secondary N) is 3. The van der Waals surface area contributed by atoms with Crippen molar-refractivity contribution in [2.75, 3.05) is 43.4 Å². The lowest BCUT2D eigenvalue weighted by molar-refractivity contribution is -0.137. The maximum atomic E-state index is 14.2. The van der Waals surface area contributed by atoms with Gasteiger partial charge < -0.3 is 25.8 Å². The number of benzene rings is 4. The van der Waals surface area contributed by atoms with E-state index in [0.717, 1.165) is 28.9 Å². The van der Waals surface area contributed by atoms with Crippen LogP contribution in [0.15, 0.2) is 97.1 Å². The first kappa shape index (κ1) is 36.1. The van der Waals surface area contributed by atoms with Gasteiger partial charge in [0.2, 0.25) is 17.7 Å². The van der Waals surface area contributed by atoms with E-state index < -0.39 is 12.1 Å². The van der Waals surface area contributed by atoms with Crippen molar-refractivity contribution in [2.24, 2.45) is 0 Å². The molecule has 0 spiro atoms. The minimum Gasteiger partial charge on any atom is -0.368 e. The van der Waals surface area contributed by atoms with Crippen LogP contribution in [0.2, 0.25) is 5.02 Å². The molecule has 0 aromatic heterocycles. The Morgan fingerprint density at radius 3 is 2.22 bits per heavy atom. The first-order chi connectivity index (χ1) is 24.6. The molecule has 9 nitrogen and oxygen atoms in total. The normalized spacial score (nSPS) is 17.0. The van der Waals surface area contributed by atoms with Crippen molar-refractivity contribution in [3.8, 4) is 0 Å². The van der Waals surface area contributed by atoms with E-state index in [0.29, 0.717) is 50.6 Å². The number of fused-ring (bicyclic) bond motifs is 1. The molecule has 0 aliphatic carbocycles. The fourth-order valence-corrected chi connectivity index (χ4v) is 7.17. The summed E-state index contributed by atoms with van der Waals surface area (Å²) in [5.41, 5.74) is 7.64. The van der Waals surface area contributed by atoms with E-state index in [-0.39, 0.29) is 23.8 Å². The molecule has 4 aromatic rings. The number of hydrogen-bond acceptors (Lipinski definition) is 6. The largest absolute Gasteiger partial charge is 0.368 e. The molecule has 2 aliphatic heterocycles. The Kier molecular flexibility index (Phi) is 11.7. The van der Waals surface area contributed by atoms with Crippen LogP contribution in [0.4, 0.5) is 11.4 Å². The average molecular weight is 707 g/mol. The second-order valence-corrected chi connectivity index (χ2v) is 14.1. The van der Waals surface area contributed by atoms with E-state index in [1.807, 2.05) is 65.6 Å². The van der Waals surface area contributed by atoms with Crippen LogP contribution in [0, 0.1) is 0 Å². The summed E-state index contributed by atoms with van der Waals surface area (Å²) in [7, 11) is 2.12. The van der Waals surface area contributed by atoms with Gasteiger partial charge in [-0.05, 0) is 78.5 Å². The Morgan fingerprint density at radius 1 is 0.863 bits per heavy atom. The molecule has 4 aromatic carbocycles. The first-order valence-electron chi connectivity index (χ1n) is 17.7. The van der Waals surface area contributed by atoms with E-state index in [1.165, 1.54) is 23.7 Å². The van der Waals surface area contributed by atoms with E-state index in [1.54, 1.807) is 0 Å². The SMILES string of the molecule is CC(=O)Nc1ccc(CN(C)C(C)c2ccccc2N2CCN(C(=O)C(Cc3ccc(Cl)cc3)NC(=O)C3Cc4ccccc4CN3)CC2)cc1. The van der Waals surface area contributed by atoms with E-state index >= 15 is 0 Å². The summed E-state index contributed by atoms with van der Waals surface area (Å²) in [6.45, 7) is 7.58. The topological polar surface area (TPSA) is 97.0 Å². The van der Waals surface area contributed by atoms with Crippen molar-refractivity contribution in [2.45, 2.75) is 57.9 Å². The van der Waals surface area contributed by atoms with Gasteiger partial charge in [-0.2, -0.15) is 0 Å². The molecule has 266 valence electrons. The fourth-order valence-electron chi connectivity index (χ4n) is 7.04. The van der Waals surface area contributed by atoms with Gasteiger partial charge in [-0.15, -0.1) is 0 Å². The van der Waals surface area contributed by atoms with Crippen molar-refractivity contribution >= 4 is 40.7 Å². The number of hydrogen-bond donors (Lipinski definition) is 3. The predicted octanol–water partition coefficient (Wildman–Crippen LogP) is 5.58. The van der Waals surface area contributed by atoms with Crippen molar-refractivity contribution in [3.63, 3.8) is 0 Å². The Balaban J connectivity index is 1.10. The van der Waals surface area contributed by atoms with Crippen LogP contribution >= 0.6 is 11.6 Å². The monoisotopic (exact) mass is 706 g/mol. The Labute approximate surface area is 306 Å². The zero-order valence-electron chi connectivity index (χ0n) is 29.6. The van der Waals surface area contributed by atoms with Crippen LogP contribution in [0.25, 0.3) is 0 Å². The summed E-state index contributed by atoms with van der Waals surface area (Å²) in [4.78, 5) is 45.8. The van der Waals surface area contributed by atoms with Crippen LogP contribution in [-0.4, -0.2) is 72.8 Å². The van der Waals surface area contributed by atoms with Gasteiger partial charge in [-0.1, -0.05) is 78.3 Å². The first-order valence-corrected chi connectivity index (χ1v) is 18.1. The van der Waals surface area contributed by atoms with E-state index in [2.05, 4.69) is 76.1 Å². The lowest BCUT2D eigenvalue weighted by Gasteiger charge is -2.39. The molecule has 6 rings (SSSR count). The van der Waals surface area contributed by atoms with Gasteiger partial charge in [0.1, 0.15) is 6.04 Å². The van der Waals surface area contributed by atoms with Crippen LogP contribution in [0.1, 0.15) is 47.7 Å². The summed E-state index contributed by atoms with van der Waals surface area (Å²) in [6.07, 6.45) is 0.967. The van der Waals surface area contributed by atoms with Crippen molar-refractivity contribution in [3.05, 3.63) is 130 Å². The van der Waals surface area contributed by atoms with Crippen molar-refractivity contribution in [1.29, 1.82) is 0 Å². The third-order valence-corrected chi connectivity index (χ3v) is 10.3. The van der Waals surface area contributed by atoms with E-state index in [9.17, 15) is 14.4 Å². The van der Waals surface area contributed by atoms with Gasteiger partial charge in [0.25, 0.3) is 0 Å². The van der Waals surface area contributed by atoms with Gasteiger partial charge in [-0.25, -0.2) is 0 Å². The highest BCUT2D eigenvalue weighted by atomic mass is 35.5. The maximum absolute atomic E-state index is 14.2. The van der Waals surface area contributed by atoms with Crippen molar-refractivity contribution < 1.29 is 14.4 Å². The van der Waals surface area contributed by atoms with Crippen LogP contribution in [-0.2, 0) is 40.3 Å². The number of rotatable bonds is 11. The second-order valence-electron chi connectivity index (χ2n) is 13.6. The third-order valence-electron chi connectivity index (χ3n) is 10.1. The second kappa shape index (κ2) is 16.5. The highest BCUT2D eigenvalue weighted by Crippen LogP contribution is 2.31. The highest BCUT2D eigenvalue weighted by molar-refractivity contribution is 6.30. The number of piperazine rings is 1. The number of carbonyl (C=O) groups excluding carboxylic acids is 3. The predicted molar refractivity (Wildman–Crippen MR) is 204 cm³/mol. The number of halogens is 1. The molecule has 2 heterocycles. The smallest absolute Gasteiger partial charge is 0.245 e. The lowest BCUT2D eigenvalue weighted by atomic mass is 9.95. The molecule has 0 radical (unpaired) electrons. The number of amides is 3. The van der Waals surface area contributed by atoms with Gasteiger partial charge in [0.05, 0.1) is 6.04 Å². The number of nitrogens with zero attached hydrogens (tertiary/aromatic N) is 3. The molecule has 3 amide bonds. The summed E-state index contributed by atoms with van der Waals surface area (Å²) in [5, 5.41) is 9.94. The summed E-state index contributed by atoms with van der Waals surface area (Å²) in [5.74, 6) is -0.315. The summed E-state index contributed by atoms with van der Waals surface area (Å²) < 4.78 is 0. The molecule has 3 unspecified atom stereocenters. The molecular weight excluding hydrogens is 660 g/mol. The molecule has 3 N–H and O–H groups in total. The molecule has 0 bridgehead atoms. The molecule has 3 atom stereocenters. The van der Waals surface area contributed by atoms with Crippen LogP contribution < -0.4 is 20.9 Å². The number of carbonyl (C=O) groups is 3. The highest BCUT2D eigenvalue weighted by Gasteiger charge is 2.33. The molecule has 1 saturated heterocycles. The van der Waals surface area contributed by atoms with E-state index in [4.69, 9.17) is 11.6 Å². The minimum absolute atomic E-state index is 0.0694. The molecule has 1 fully saturated rings. The summed E-state index contributed by atoms with van der Waals surface area (Å²) in [6, 6.07) is 31.1. The standard InChI is InChI=1S/C41H47ClN6O3/c1-28(46(3)27-31-14-18-35(19-15-31)44-29(2)49)36-10-6-7-11-39(36)47-20-22-48(23-21-47)41(51)38(24-30-12-16-34(42)17-13-30)45-40(50)37-25-32-8-4-5-9-33(32)26-43-37/h4-19,28,37-38,43H,20-27H2,1-3H3,(H,44,49)(H,45,50).